The Morgan fingerprint density at radius 3 is 2.85 bits per heavy atom. The molecule has 1 N–H and O–H groups in total. The number of pyridine rings is 2. The van der Waals surface area contributed by atoms with Crippen LogP contribution in [0.15, 0.2) is 41.6 Å². The molecule has 3 aromatic heterocycles. The Bertz CT molecular complexity index is 1290. The first kappa shape index (κ1) is 21.4. The predicted molar refractivity (Wildman–Crippen MR) is 117 cm³/mol. The van der Waals surface area contributed by atoms with Gasteiger partial charge in [-0.15, -0.1) is 4.73 Å². The van der Waals surface area contributed by atoms with Crippen LogP contribution in [-0.2, 0) is 10.2 Å². The van der Waals surface area contributed by atoms with E-state index in [1.54, 1.807) is 16.7 Å². The Kier molecular flexibility index (Phi) is 4.93. The Morgan fingerprint density at radius 1 is 1.39 bits per heavy atom. The van der Waals surface area contributed by atoms with Gasteiger partial charge in [0.2, 0.25) is 0 Å². The zero-order chi connectivity index (χ0) is 23.4. The standard InChI is InChI=1S/C23H25FN4O5/c1-4-14(2)32-17-8-19-26-18(23-11-22(3,12-23)31-13-23)10-27(19)9-15(17)20(29)25-16-6-5-7-28(33-24)21(16)30/h5-10,14H,4,11-13H2,1-3H3,(H,25,29)/t14-,22?,23?/m0/s1. The largest absolute Gasteiger partial charge is 0.490 e. The van der Waals surface area contributed by atoms with Crippen molar-refractivity contribution in [1.82, 2.24) is 14.1 Å². The van der Waals surface area contributed by atoms with E-state index in [1.165, 1.54) is 12.1 Å². The Morgan fingerprint density at radius 2 is 2.18 bits per heavy atom. The van der Waals surface area contributed by atoms with Gasteiger partial charge in [0.05, 0.1) is 35.8 Å². The van der Waals surface area contributed by atoms with Crippen molar-refractivity contribution in [3.05, 3.63) is 58.4 Å². The molecule has 0 unspecified atom stereocenters. The molecule has 1 atom stereocenters. The van der Waals surface area contributed by atoms with Gasteiger partial charge in [-0.2, -0.15) is 5.04 Å². The van der Waals surface area contributed by atoms with Crippen molar-refractivity contribution in [2.45, 2.75) is 57.2 Å². The molecule has 2 bridgehead atoms. The van der Waals surface area contributed by atoms with Gasteiger partial charge in [0.25, 0.3) is 5.91 Å². The van der Waals surface area contributed by atoms with Crippen molar-refractivity contribution in [2.75, 3.05) is 11.9 Å². The molecular weight excluding hydrogens is 431 g/mol. The summed E-state index contributed by atoms with van der Waals surface area (Å²) in [6.07, 6.45) is 7.09. The summed E-state index contributed by atoms with van der Waals surface area (Å²) in [5, 5.41) is 6.03. The first-order valence-corrected chi connectivity index (χ1v) is 10.9. The van der Waals surface area contributed by atoms with Gasteiger partial charge in [0.15, 0.2) is 0 Å². The van der Waals surface area contributed by atoms with E-state index in [1.807, 2.05) is 20.0 Å². The second-order valence-corrected chi connectivity index (χ2v) is 9.23. The lowest BCUT2D eigenvalue weighted by molar-refractivity contribution is -0.141. The summed E-state index contributed by atoms with van der Waals surface area (Å²) < 4.78 is 26.6. The van der Waals surface area contributed by atoms with E-state index < -0.39 is 11.5 Å². The van der Waals surface area contributed by atoms with Crippen LogP contribution >= 0.6 is 0 Å². The third kappa shape index (κ3) is 3.54. The molecule has 0 spiro atoms. The Hall–Kier alpha value is -3.40. The van der Waals surface area contributed by atoms with Gasteiger partial charge in [-0.1, -0.05) is 6.92 Å². The average molecular weight is 456 g/mol. The molecule has 1 amide bonds. The fourth-order valence-corrected chi connectivity index (χ4v) is 4.81. The lowest BCUT2D eigenvalue weighted by Crippen LogP contribution is -2.45. The first-order chi connectivity index (χ1) is 15.8. The van der Waals surface area contributed by atoms with Crippen LogP contribution in [0.5, 0.6) is 5.75 Å². The van der Waals surface area contributed by atoms with Crippen LogP contribution in [0.4, 0.5) is 10.2 Å². The Labute approximate surface area is 188 Å². The predicted octanol–water partition coefficient (Wildman–Crippen LogP) is 3.06. The molecule has 5 heterocycles. The van der Waals surface area contributed by atoms with Gasteiger partial charge in [0.1, 0.15) is 17.1 Å². The fraction of sp³-hybridized carbons (Fsp3) is 0.435. The maximum absolute atomic E-state index is 13.1. The molecular formula is C23H25FN4O5. The third-order valence-electron chi connectivity index (χ3n) is 6.60. The van der Waals surface area contributed by atoms with Crippen molar-refractivity contribution in [3.63, 3.8) is 0 Å². The van der Waals surface area contributed by atoms with E-state index in [2.05, 4.69) is 17.3 Å². The van der Waals surface area contributed by atoms with Crippen molar-refractivity contribution in [3.8, 4) is 5.75 Å². The van der Waals surface area contributed by atoms with E-state index in [-0.39, 0.29) is 28.4 Å². The number of amides is 1. The zero-order valence-electron chi connectivity index (χ0n) is 18.6. The minimum absolute atomic E-state index is 0.0718. The number of fused-ring (bicyclic) bond motifs is 2. The van der Waals surface area contributed by atoms with E-state index in [0.29, 0.717) is 22.7 Å². The van der Waals surface area contributed by atoms with Crippen LogP contribution < -0.4 is 20.7 Å². The number of hydrogen-bond donors (Lipinski definition) is 1. The lowest BCUT2D eigenvalue weighted by Gasteiger charge is -2.41. The number of nitrogens with zero attached hydrogens (tertiary/aromatic N) is 3. The van der Waals surface area contributed by atoms with Crippen LogP contribution in [0, 0.1) is 0 Å². The lowest BCUT2D eigenvalue weighted by atomic mass is 9.62. The summed E-state index contributed by atoms with van der Waals surface area (Å²) in [4.78, 5) is 30.2. The average Bonchev–Trinajstić information content (AvgIpc) is 3.45. The van der Waals surface area contributed by atoms with E-state index in [9.17, 15) is 14.1 Å². The molecule has 33 heavy (non-hydrogen) atoms. The van der Waals surface area contributed by atoms with Gasteiger partial charge in [-0.3, -0.25) is 9.59 Å². The summed E-state index contributed by atoms with van der Waals surface area (Å²) in [5.41, 5.74) is 0.674. The number of nitrogens with one attached hydrogen (secondary N) is 1. The van der Waals surface area contributed by atoms with E-state index in [4.69, 9.17) is 14.5 Å². The highest BCUT2D eigenvalue weighted by atomic mass is 19.3. The molecule has 3 fully saturated rings. The highest BCUT2D eigenvalue weighted by molar-refractivity contribution is 6.06. The third-order valence-corrected chi connectivity index (χ3v) is 6.60. The number of imidazole rings is 1. The zero-order valence-corrected chi connectivity index (χ0v) is 18.6. The first-order valence-electron chi connectivity index (χ1n) is 10.9. The normalized spacial score (nSPS) is 24.4. The minimum Gasteiger partial charge on any atom is -0.490 e. The molecule has 6 rings (SSSR count). The van der Waals surface area contributed by atoms with Crippen LogP contribution in [0.25, 0.3) is 5.65 Å². The summed E-state index contributed by atoms with van der Waals surface area (Å²) in [5.74, 6) is -0.221. The molecule has 2 aliphatic heterocycles. The Balaban J connectivity index is 1.52. The highest BCUT2D eigenvalue weighted by Crippen LogP contribution is 2.58. The van der Waals surface area contributed by atoms with Gasteiger partial charge in [0, 0.05) is 28.4 Å². The number of anilines is 1. The molecule has 3 aliphatic rings. The van der Waals surface area contributed by atoms with E-state index >= 15 is 0 Å². The topological polar surface area (TPSA) is 96.1 Å². The fourth-order valence-electron chi connectivity index (χ4n) is 4.81. The molecule has 10 heteroatoms. The van der Waals surface area contributed by atoms with E-state index in [0.717, 1.165) is 31.2 Å². The summed E-state index contributed by atoms with van der Waals surface area (Å²) in [7, 11) is 0. The maximum atomic E-state index is 13.1. The molecule has 9 nitrogen and oxygen atoms in total. The van der Waals surface area contributed by atoms with Gasteiger partial charge < -0.3 is 19.2 Å². The summed E-state index contributed by atoms with van der Waals surface area (Å²) >= 11 is 0. The van der Waals surface area contributed by atoms with Crippen LogP contribution in [-0.4, -0.2) is 38.3 Å². The number of ether oxygens (including phenoxy) is 2. The van der Waals surface area contributed by atoms with Crippen LogP contribution in [0.3, 0.4) is 0 Å². The molecule has 1 saturated carbocycles. The SMILES string of the molecule is CC[C@H](C)Oc1cc2nc(C34COC(C)(C3)C4)cn2cc1C(=O)Nc1cccn(OF)c1=O. The van der Waals surface area contributed by atoms with Crippen molar-refractivity contribution >= 4 is 17.2 Å². The second kappa shape index (κ2) is 7.58. The van der Waals surface area contributed by atoms with Gasteiger partial charge in [-0.25, -0.2) is 4.98 Å². The number of carbonyl (C=O) groups is 1. The number of hydrogen-bond acceptors (Lipinski definition) is 6. The van der Waals surface area contributed by atoms with Crippen molar-refractivity contribution in [2.24, 2.45) is 0 Å². The van der Waals surface area contributed by atoms with Gasteiger partial charge >= 0.3 is 5.56 Å². The van der Waals surface area contributed by atoms with Crippen molar-refractivity contribution < 1.29 is 23.8 Å². The monoisotopic (exact) mass is 456 g/mol. The molecule has 174 valence electrons. The molecule has 2 saturated heterocycles. The molecule has 3 aromatic rings. The summed E-state index contributed by atoms with van der Waals surface area (Å²) in [6, 6.07) is 4.47. The number of carbonyl (C=O) groups excluding carboxylic acids is 1. The van der Waals surface area contributed by atoms with Crippen LogP contribution in [0.1, 0.15) is 56.1 Å². The molecule has 0 radical (unpaired) electrons. The molecule has 1 aliphatic carbocycles. The smallest absolute Gasteiger partial charge is 0.309 e. The van der Waals surface area contributed by atoms with Crippen LogP contribution in [0.2, 0.25) is 0 Å². The minimum atomic E-state index is -0.836. The molecule has 0 aromatic carbocycles. The summed E-state index contributed by atoms with van der Waals surface area (Å²) in [6.45, 7) is 6.63. The number of halogens is 1. The second-order valence-electron chi connectivity index (χ2n) is 9.23. The highest BCUT2D eigenvalue weighted by Gasteiger charge is 2.61. The van der Waals surface area contributed by atoms with Gasteiger partial charge in [-0.05, 0) is 45.2 Å². The quantitative estimate of drug-likeness (QED) is 0.587. The number of aromatic nitrogens is 3. The maximum Gasteiger partial charge on any atom is 0.309 e. The number of rotatable bonds is 7. The van der Waals surface area contributed by atoms with Crippen molar-refractivity contribution in [1.29, 1.82) is 0 Å².